The van der Waals surface area contributed by atoms with Crippen molar-refractivity contribution in [2.75, 3.05) is 7.11 Å². The van der Waals surface area contributed by atoms with Crippen LogP contribution >= 0.6 is 0 Å². The molecule has 2 heteroatoms. The summed E-state index contributed by atoms with van der Waals surface area (Å²) in [7, 11) is 1.62. The Morgan fingerprint density at radius 3 is 2.67 bits per heavy atom. The number of methoxy groups -OCH3 is 1. The van der Waals surface area contributed by atoms with Crippen molar-refractivity contribution in [2.24, 2.45) is 4.99 Å². The molecule has 0 spiro atoms. The molecule has 15 heavy (non-hydrogen) atoms. The van der Waals surface area contributed by atoms with Gasteiger partial charge in [-0.1, -0.05) is 42.5 Å². The van der Waals surface area contributed by atoms with Crippen LogP contribution < -0.4 is 0 Å². The Morgan fingerprint density at radius 1 is 1.13 bits per heavy atom. The summed E-state index contributed by atoms with van der Waals surface area (Å²) in [6, 6.07) is 10.3. The van der Waals surface area contributed by atoms with E-state index >= 15 is 0 Å². The SMILES string of the molecule is COC1=NC=CC(c2ccccc2)C=C1. The molecule has 0 N–H and O–H groups in total. The van der Waals surface area contributed by atoms with Gasteiger partial charge in [-0.05, 0) is 11.6 Å². The zero-order chi connectivity index (χ0) is 10.5. The molecule has 0 amide bonds. The maximum atomic E-state index is 5.07. The second-order valence-corrected chi connectivity index (χ2v) is 3.31. The van der Waals surface area contributed by atoms with Gasteiger partial charge in [-0.25, -0.2) is 4.99 Å². The predicted octanol–water partition coefficient (Wildman–Crippen LogP) is 2.90. The number of benzene rings is 1. The Hall–Kier alpha value is -1.83. The third-order valence-corrected chi connectivity index (χ3v) is 2.33. The highest BCUT2D eigenvalue weighted by Gasteiger charge is 2.05. The van der Waals surface area contributed by atoms with Crippen LogP contribution in [0, 0.1) is 0 Å². The molecular weight excluding hydrogens is 186 g/mol. The molecular formula is C13H13NO. The number of aliphatic imine (C=N–C) groups is 1. The summed E-state index contributed by atoms with van der Waals surface area (Å²) in [5.74, 6) is 0.923. The van der Waals surface area contributed by atoms with Crippen molar-refractivity contribution >= 4 is 5.90 Å². The highest BCUT2D eigenvalue weighted by Crippen LogP contribution is 2.20. The molecule has 1 atom stereocenters. The first-order valence-corrected chi connectivity index (χ1v) is 4.92. The Bertz CT molecular complexity index is 404. The van der Waals surface area contributed by atoms with Crippen LogP contribution in [0.2, 0.25) is 0 Å². The summed E-state index contributed by atoms with van der Waals surface area (Å²) in [5, 5.41) is 0. The van der Waals surface area contributed by atoms with Gasteiger partial charge >= 0.3 is 0 Å². The van der Waals surface area contributed by atoms with E-state index in [1.165, 1.54) is 5.56 Å². The highest BCUT2D eigenvalue weighted by molar-refractivity contribution is 5.88. The average Bonchev–Trinajstić information content (AvgIpc) is 2.55. The smallest absolute Gasteiger partial charge is 0.212 e. The summed E-state index contributed by atoms with van der Waals surface area (Å²) in [6.07, 6.45) is 7.83. The van der Waals surface area contributed by atoms with E-state index in [1.54, 1.807) is 13.3 Å². The topological polar surface area (TPSA) is 21.6 Å². The van der Waals surface area contributed by atoms with Gasteiger partial charge in [-0.2, -0.15) is 0 Å². The van der Waals surface area contributed by atoms with Crippen LogP contribution in [-0.4, -0.2) is 13.0 Å². The third-order valence-electron chi connectivity index (χ3n) is 2.33. The fraction of sp³-hybridized carbons (Fsp3) is 0.154. The molecule has 76 valence electrons. The Labute approximate surface area is 89.6 Å². The standard InChI is InChI=1S/C13H13NO/c1-15-13-8-7-12(9-10-14-13)11-5-3-2-4-6-11/h2-10,12H,1H3. The molecule has 0 radical (unpaired) electrons. The fourth-order valence-corrected chi connectivity index (χ4v) is 1.52. The van der Waals surface area contributed by atoms with E-state index in [2.05, 4.69) is 29.3 Å². The number of hydrogen-bond donors (Lipinski definition) is 0. The molecule has 1 aliphatic heterocycles. The molecule has 1 aromatic carbocycles. The molecule has 1 aliphatic rings. The summed E-state index contributed by atoms with van der Waals surface area (Å²) in [5.41, 5.74) is 1.26. The minimum Gasteiger partial charge on any atom is -0.481 e. The lowest BCUT2D eigenvalue weighted by Gasteiger charge is -2.05. The van der Waals surface area contributed by atoms with Crippen LogP contribution in [0.4, 0.5) is 0 Å². The van der Waals surface area contributed by atoms with Crippen molar-refractivity contribution in [1.29, 1.82) is 0 Å². The second-order valence-electron chi connectivity index (χ2n) is 3.31. The van der Waals surface area contributed by atoms with Gasteiger partial charge in [0.05, 0.1) is 7.11 Å². The van der Waals surface area contributed by atoms with Gasteiger partial charge < -0.3 is 4.74 Å². The van der Waals surface area contributed by atoms with Crippen molar-refractivity contribution in [1.82, 2.24) is 0 Å². The lowest BCUT2D eigenvalue weighted by atomic mass is 9.99. The zero-order valence-electron chi connectivity index (χ0n) is 8.63. The van der Waals surface area contributed by atoms with Crippen LogP contribution in [0.3, 0.4) is 0 Å². The molecule has 2 rings (SSSR count). The molecule has 0 saturated heterocycles. The lowest BCUT2D eigenvalue weighted by Crippen LogP contribution is -1.95. The highest BCUT2D eigenvalue weighted by atomic mass is 16.5. The van der Waals surface area contributed by atoms with Crippen molar-refractivity contribution in [3.8, 4) is 0 Å². The van der Waals surface area contributed by atoms with Crippen molar-refractivity contribution < 1.29 is 4.74 Å². The number of rotatable bonds is 1. The van der Waals surface area contributed by atoms with Crippen molar-refractivity contribution in [3.05, 3.63) is 60.3 Å². The number of nitrogens with zero attached hydrogens (tertiary/aromatic N) is 1. The molecule has 0 bridgehead atoms. The van der Waals surface area contributed by atoms with Crippen molar-refractivity contribution in [2.45, 2.75) is 5.92 Å². The number of hydrogen-bond acceptors (Lipinski definition) is 2. The van der Waals surface area contributed by atoms with E-state index in [0.29, 0.717) is 5.90 Å². The predicted molar refractivity (Wildman–Crippen MR) is 61.9 cm³/mol. The molecule has 0 aromatic heterocycles. The first-order chi connectivity index (χ1) is 7.40. The zero-order valence-corrected chi connectivity index (χ0v) is 8.63. The minimum atomic E-state index is 0.280. The Morgan fingerprint density at radius 2 is 1.93 bits per heavy atom. The monoisotopic (exact) mass is 199 g/mol. The third kappa shape index (κ3) is 2.34. The lowest BCUT2D eigenvalue weighted by molar-refractivity contribution is 0.407. The maximum Gasteiger partial charge on any atom is 0.212 e. The summed E-state index contributed by atoms with van der Waals surface area (Å²) in [4.78, 5) is 4.14. The van der Waals surface area contributed by atoms with Crippen LogP contribution in [0.25, 0.3) is 0 Å². The Kier molecular flexibility index (Phi) is 2.98. The molecule has 1 heterocycles. The Balaban J connectivity index is 2.22. The molecule has 2 nitrogen and oxygen atoms in total. The van der Waals surface area contributed by atoms with Gasteiger partial charge in [-0.3, -0.25) is 0 Å². The molecule has 0 saturated carbocycles. The molecule has 1 unspecified atom stereocenters. The van der Waals surface area contributed by atoms with E-state index in [4.69, 9.17) is 4.74 Å². The van der Waals surface area contributed by atoms with Gasteiger partial charge in [0.25, 0.3) is 0 Å². The van der Waals surface area contributed by atoms with Gasteiger partial charge in [0.15, 0.2) is 0 Å². The second kappa shape index (κ2) is 4.60. The normalized spacial score (nSPS) is 19.5. The first kappa shape index (κ1) is 9.71. The van der Waals surface area contributed by atoms with Crippen LogP contribution in [-0.2, 0) is 4.74 Å². The van der Waals surface area contributed by atoms with Crippen LogP contribution in [0.5, 0.6) is 0 Å². The first-order valence-electron chi connectivity index (χ1n) is 4.92. The quantitative estimate of drug-likeness (QED) is 0.681. The van der Waals surface area contributed by atoms with E-state index in [-0.39, 0.29) is 5.92 Å². The van der Waals surface area contributed by atoms with Gasteiger partial charge in [-0.15, -0.1) is 0 Å². The van der Waals surface area contributed by atoms with Crippen LogP contribution in [0.1, 0.15) is 11.5 Å². The molecule has 0 aliphatic carbocycles. The number of ether oxygens (including phenoxy) is 1. The van der Waals surface area contributed by atoms with Gasteiger partial charge in [0, 0.05) is 12.1 Å². The van der Waals surface area contributed by atoms with E-state index < -0.39 is 0 Å². The van der Waals surface area contributed by atoms with Crippen LogP contribution in [0.15, 0.2) is 59.8 Å². The number of allylic oxidation sites excluding steroid dienone is 2. The van der Waals surface area contributed by atoms with E-state index in [0.717, 1.165) is 0 Å². The van der Waals surface area contributed by atoms with Crippen molar-refractivity contribution in [3.63, 3.8) is 0 Å². The summed E-state index contributed by atoms with van der Waals surface area (Å²) >= 11 is 0. The summed E-state index contributed by atoms with van der Waals surface area (Å²) < 4.78 is 5.07. The molecule has 0 fully saturated rings. The average molecular weight is 199 g/mol. The molecule has 1 aromatic rings. The minimum absolute atomic E-state index is 0.280. The van der Waals surface area contributed by atoms with E-state index in [9.17, 15) is 0 Å². The summed E-state index contributed by atoms with van der Waals surface area (Å²) in [6.45, 7) is 0. The fourth-order valence-electron chi connectivity index (χ4n) is 1.52. The van der Waals surface area contributed by atoms with E-state index in [1.807, 2.05) is 24.3 Å². The van der Waals surface area contributed by atoms with Gasteiger partial charge in [0.2, 0.25) is 5.90 Å². The van der Waals surface area contributed by atoms with Gasteiger partial charge in [0.1, 0.15) is 0 Å². The largest absolute Gasteiger partial charge is 0.481 e. The maximum absolute atomic E-state index is 5.07.